The summed E-state index contributed by atoms with van der Waals surface area (Å²) in [6, 6.07) is 10.7. The number of aromatic nitrogens is 2. The third-order valence-electron chi connectivity index (χ3n) is 3.47. The van der Waals surface area contributed by atoms with Crippen LogP contribution in [0, 0.1) is 11.6 Å². The number of nitrogens with zero attached hydrogens (tertiary/aromatic N) is 2. The number of benzene rings is 2. The molecule has 3 rings (SSSR count). The lowest BCUT2D eigenvalue weighted by Crippen LogP contribution is -2.14. The van der Waals surface area contributed by atoms with Crippen LogP contribution in [-0.2, 0) is 4.79 Å². The molecular formula is C18H15F2N3O2S. The predicted octanol–water partition coefficient (Wildman–Crippen LogP) is 3.89. The molecule has 0 spiro atoms. The standard InChI is InChI=1S/C18H15F2N3O2S/c1-25-14-4-2-3-13(10-14)23-8-7-21-18(23)26-11-17(24)22-12-5-6-15(19)16(20)9-12/h2-10H,11H2,1H3,(H,22,24). The van der Waals surface area contributed by atoms with Gasteiger partial charge in [0.15, 0.2) is 16.8 Å². The number of imidazole rings is 1. The fourth-order valence-electron chi connectivity index (χ4n) is 2.25. The number of carbonyl (C=O) groups is 1. The van der Waals surface area contributed by atoms with Crippen LogP contribution in [0.3, 0.4) is 0 Å². The zero-order chi connectivity index (χ0) is 18.5. The molecule has 0 aliphatic carbocycles. The van der Waals surface area contributed by atoms with Gasteiger partial charge in [-0.3, -0.25) is 9.36 Å². The molecule has 0 saturated carbocycles. The molecule has 0 aliphatic rings. The van der Waals surface area contributed by atoms with Crippen molar-refractivity contribution in [1.82, 2.24) is 9.55 Å². The number of amides is 1. The summed E-state index contributed by atoms with van der Waals surface area (Å²) in [5.74, 6) is -1.54. The molecule has 1 amide bonds. The smallest absolute Gasteiger partial charge is 0.234 e. The number of halogens is 2. The van der Waals surface area contributed by atoms with Gasteiger partial charge in [-0.1, -0.05) is 17.8 Å². The van der Waals surface area contributed by atoms with Crippen molar-refractivity contribution < 1.29 is 18.3 Å². The Hall–Kier alpha value is -2.87. The van der Waals surface area contributed by atoms with E-state index in [1.807, 2.05) is 28.8 Å². The first kappa shape index (κ1) is 17.9. The Bertz CT molecular complexity index is 930. The SMILES string of the molecule is COc1cccc(-n2ccnc2SCC(=O)Nc2ccc(F)c(F)c2)c1. The maximum Gasteiger partial charge on any atom is 0.234 e. The maximum absolute atomic E-state index is 13.2. The molecule has 0 atom stereocenters. The Kier molecular flexibility index (Phi) is 5.52. The van der Waals surface area contributed by atoms with Gasteiger partial charge in [-0.2, -0.15) is 0 Å². The highest BCUT2D eigenvalue weighted by Gasteiger charge is 2.11. The minimum absolute atomic E-state index is 0.0694. The Morgan fingerprint density at radius 1 is 1.23 bits per heavy atom. The third kappa shape index (κ3) is 4.20. The average molecular weight is 375 g/mol. The lowest BCUT2D eigenvalue weighted by Gasteiger charge is -2.09. The molecule has 2 aromatic carbocycles. The zero-order valence-electron chi connectivity index (χ0n) is 13.8. The zero-order valence-corrected chi connectivity index (χ0v) is 14.6. The number of hydrogen-bond acceptors (Lipinski definition) is 4. The summed E-state index contributed by atoms with van der Waals surface area (Å²) >= 11 is 1.23. The second kappa shape index (κ2) is 8.01. The third-order valence-corrected chi connectivity index (χ3v) is 4.44. The van der Waals surface area contributed by atoms with Crippen LogP contribution in [0.5, 0.6) is 5.75 Å². The molecule has 0 saturated heterocycles. The van der Waals surface area contributed by atoms with Gasteiger partial charge >= 0.3 is 0 Å². The van der Waals surface area contributed by atoms with Crippen molar-refractivity contribution in [1.29, 1.82) is 0 Å². The van der Waals surface area contributed by atoms with Gasteiger partial charge in [-0.15, -0.1) is 0 Å². The van der Waals surface area contributed by atoms with Gasteiger partial charge in [0.2, 0.25) is 5.91 Å². The van der Waals surface area contributed by atoms with Crippen molar-refractivity contribution in [3.05, 3.63) is 66.5 Å². The predicted molar refractivity (Wildman–Crippen MR) is 95.8 cm³/mol. The summed E-state index contributed by atoms with van der Waals surface area (Å²) in [4.78, 5) is 16.3. The second-order valence-corrected chi connectivity index (χ2v) is 6.19. The Balaban J connectivity index is 1.66. The molecule has 5 nitrogen and oxygen atoms in total. The molecule has 0 radical (unpaired) electrons. The quantitative estimate of drug-likeness (QED) is 0.664. The molecule has 0 bridgehead atoms. The minimum Gasteiger partial charge on any atom is -0.497 e. The number of thioether (sulfide) groups is 1. The molecule has 134 valence electrons. The van der Waals surface area contributed by atoms with E-state index in [1.54, 1.807) is 19.5 Å². The van der Waals surface area contributed by atoms with Crippen LogP contribution >= 0.6 is 11.8 Å². The topological polar surface area (TPSA) is 56.2 Å². The largest absolute Gasteiger partial charge is 0.497 e. The van der Waals surface area contributed by atoms with Crippen LogP contribution < -0.4 is 10.1 Å². The van der Waals surface area contributed by atoms with Crippen LogP contribution in [0.4, 0.5) is 14.5 Å². The van der Waals surface area contributed by atoms with Crippen molar-refractivity contribution in [2.45, 2.75) is 5.16 Å². The Labute approximate surface area is 153 Å². The molecule has 1 aromatic heterocycles. The normalized spacial score (nSPS) is 10.6. The highest BCUT2D eigenvalue weighted by molar-refractivity contribution is 7.99. The Morgan fingerprint density at radius 3 is 2.85 bits per heavy atom. The molecule has 8 heteroatoms. The summed E-state index contributed by atoms with van der Waals surface area (Å²) < 4.78 is 33.1. The van der Waals surface area contributed by atoms with Gasteiger partial charge in [0, 0.05) is 30.2 Å². The first-order chi connectivity index (χ1) is 12.6. The second-order valence-electron chi connectivity index (χ2n) is 5.25. The van der Waals surface area contributed by atoms with Crippen molar-refractivity contribution in [3.63, 3.8) is 0 Å². The van der Waals surface area contributed by atoms with Crippen molar-refractivity contribution >= 4 is 23.4 Å². The van der Waals surface area contributed by atoms with E-state index in [0.29, 0.717) is 10.9 Å². The van der Waals surface area contributed by atoms with Gasteiger partial charge in [-0.25, -0.2) is 13.8 Å². The fraction of sp³-hybridized carbons (Fsp3) is 0.111. The van der Waals surface area contributed by atoms with E-state index in [9.17, 15) is 13.6 Å². The van der Waals surface area contributed by atoms with E-state index in [2.05, 4.69) is 10.3 Å². The molecule has 1 N–H and O–H groups in total. The van der Waals surface area contributed by atoms with Crippen LogP contribution in [0.1, 0.15) is 0 Å². The highest BCUT2D eigenvalue weighted by Crippen LogP contribution is 2.23. The number of methoxy groups -OCH3 is 1. The van der Waals surface area contributed by atoms with E-state index in [1.165, 1.54) is 17.8 Å². The summed E-state index contributed by atoms with van der Waals surface area (Å²) in [5, 5.41) is 3.15. The molecule has 0 fully saturated rings. The highest BCUT2D eigenvalue weighted by atomic mass is 32.2. The molecule has 3 aromatic rings. The first-order valence-corrected chi connectivity index (χ1v) is 8.61. The summed E-state index contributed by atoms with van der Waals surface area (Å²) in [6.45, 7) is 0. The van der Waals surface area contributed by atoms with Crippen molar-refractivity contribution in [2.24, 2.45) is 0 Å². The number of nitrogens with one attached hydrogen (secondary N) is 1. The maximum atomic E-state index is 13.2. The van der Waals surface area contributed by atoms with Gasteiger partial charge in [0.25, 0.3) is 0 Å². The molecule has 0 aliphatic heterocycles. The average Bonchev–Trinajstić information content (AvgIpc) is 3.12. The lowest BCUT2D eigenvalue weighted by atomic mass is 10.3. The van der Waals surface area contributed by atoms with E-state index >= 15 is 0 Å². The number of carbonyl (C=O) groups excluding carboxylic acids is 1. The van der Waals surface area contributed by atoms with Crippen molar-refractivity contribution in [3.8, 4) is 11.4 Å². The molecule has 0 unspecified atom stereocenters. The van der Waals surface area contributed by atoms with Crippen LogP contribution in [0.15, 0.2) is 60.0 Å². The van der Waals surface area contributed by atoms with Gasteiger partial charge in [-0.05, 0) is 24.3 Å². The van der Waals surface area contributed by atoms with Gasteiger partial charge < -0.3 is 10.1 Å². The summed E-state index contributed by atoms with van der Waals surface area (Å²) in [7, 11) is 1.59. The monoisotopic (exact) mass is 375 g/mol. The number of hydrogen-bond donors (Lipinski definition) is 1. The van der Waals surface area contributed by atoms with Crippen molar-refractivity contribution in [2.75, 3.05) is 18.2 Å². The molecular weight excluding hydrogens is 360 g/mol. The van der Waals surface area contributed by atoms with Crippen LogP contribution in [0.2, 0.25) is 0 Å². The van der Waals surface area contributed by atoms with E-state index < -0.39 is 11.6 Å². The Morgan fingerprint density at radius 2 is 2.08 bits per heavy atom. The van der Waals surface area contributed by atoms with E-state index in [4.69, 9.17) is 4.74 Å². The summed E-state index contributed by atoms with van der Waals surface area (Å²) in [5.41, 5.74) is 1.05. The first-order valence-electron chi connectivity index (χ1n) is 7.62. The fourth-order valence-corrected chi connectivity index (χ4v) is 3.03. The number of anilines is 1. The van der Waals surface area contributed by atoms with Gasteiger partial charge in [0.1, 0.15) is 5.75 Å². The van der Waals surface area contributed by atoms with E-state index in [-0.39, 0.29) is 17.3 Å². The van der Waals surface area contributed by atoms with E-state index in [0.717, 1.165) is 17.8 Å². The molecule has 26 heavy (non-hydrogen) atoms. The van der Waals surface area contributed by atoms with Crippen LogP contribution in [0.25, 0.3) is 5.69 Å². The lowest BCUT2D eigenvalue weighted by molar-refractivity contribution is -0.113. The van der Waals surface area contributed by atoms with Gasteiger partial charge in [0.05, 0.1) is 18.6 Å². The number of rotatable bonds is 6. The molecule has 1 heterocycles. The van der Waals surface area contributed by atoms with Crippen LogP contribution in [-0.4, -0.2) is 28.3 Å². The summed E-state index contributed by atoms with van der Waals surface area (Å²) in [6.07, 6.45) is 3.42. The minimum atomic E-state index is -1.01. The number of ether oxygens (including phenoxy) is 1.